The largest absolute Gasteiger partial charge is 0.490 e. The van der Waals surface area contributed by atoms with E-state index in [0.29, 0.717) is 34.8 Å². The van der Waals surface area contributed by atoms with Crippen molar-refractivity contribution in [2.45, 2.75) is 6.92 Å². The van der Waals surface area contributed by atoms with E-state index < -0.39 is 0 Å². The van der Waals surface area contributed by atoms with Crippen molar-refractivity contribution in [3.63, 3.8) is 0 Å². The molecule has 0 aliphatic rings. The number of aryl methyl sites for hydroxylation is 1. The maximum atomic E-state index is 12.6. The van der Waals surface area contributed by atoms with Crippen LogP contribution in [0.5, 0.6) is 5.75 Å². The molecule has 8 heteroatoms. The van der Waals surface area contributed by atoms with Gasteiger partial charge in [-0.1, -0.05) is 35.3 Å². The number of likely N-dealkylation sites (N-methyl/N-ethyl adjacent to an activating group) is 1. The minimum atomic E-state index is -0.284. The van der Waals surface area contributed by atoms with Crippen molar-refractivity contribution in [1.82, 2.24) is 19.7 Å². The summed E-state index contributed by atoms with van der Waals surface area (Å²) in [5.74, 6) is 1.04. The topological polar surface area (TPSA) is 60.3 Å². The zero-order chi connectivity index (χ0) is 19.4. The predicted octanol–water partition coefficient (Wildman–Crippen LogP) is 4.03. The Kier molecular flexibility index (Phi) is 5.98. The van der Waals surface area contributed by atoms with Gasteiger partial charge in [0.2, 0.25) is 5.82 Å². The zero-order valence-electron chi connectivity index (χ0n) is 14.9. The second kappa shape index (κ2) is 8.41. The Labute approximate surface area is 167 Å². The summed E-state index contributed by atoms with van der Waals surface area (Å²) >= 11 is 12.0. The Morgan fingerprint density at radius 3 is 2.56 bits per heavy atom. The van der Waals surface area contributed by atoms with Gasteiger partial charge in [-0.15, -0.1) is 5.10 Å². The first kappa shape index (κ1) is 19.2. The van der Waals surface area contributed by atoms with Crippen molar-refractivity contribution in [2.24, 2.45) is 0 Å². The first-order valence-corrected chi connectivity index (χ1v) is 9.03. The quantitative estimate of drug-likeness (QED) is 0.621. The van der Waals surface area contributed by atoms with E-state index in [0.717, 1.165) is 5.69 Å². The van der Waals surface area contributed by atoms with Gasteiger partial charge in [-0.25, -0.2) is 9.67 Å². The fourth-order valence-corrected chi connectivity index (χ4v) is 2.75. The number of halogens is 2. The lowest BCUT2D eigenvalue weighted by Gasteiger charge is -2.16. The number of hydrogen-bond donors (Lipinski definition) is 0. The summed E-state index contributed by atoms with van der Waals surface area (Å²) in [6, 6.07) is 14.4. The molecule has 3 aromatic rings. The van der Waals surface area contributed by atoms with Crippen LogP contribution in [0.4, 0.5) is 0 Å². The van der Waals surface area contributed by atoms with Crippen molar-refractivity contribution in [2.75, 3.05) is 20.2 Å². The third kappa shape index (κ3) is 4.59. The Morgan fingerprint density at radius 1 is 1.15 bits per heavy atom. The van der Waals surface area contributed by atoms with Gasteiger partial charge in [0, 0.05) is 12.1 Å². The summed E-state index contributed by atoms with van der Waals surface area (Å²) in [7, 11) is 1.68. The highest BCUT2D eigenvalue weighted by atomic mass is 35.5. The normalized spacial score (nSPS) is 10.7. The molecule has 0 fully saturated rings. The van der Waals surface area contributed by atoms with Crippen LogP contribution in [-0.4, -0.2) is 45.8 Å². The maximum absolute atomic E-state index is 12.6. The van der Waals surface area contributed by atoms with E-state index >= 15 is 0 Å². The molecule has 140 valence electrons. The molecule has 0 N–H and O–H groups in total. The number of amides is 1. The van der Waals surface area contributed by atoms with Crippen LogP contribution < -0.4 is 4.74 Å². The van der Waals surface area contributed by atoms with Gasteiger partial charge in [-0.05, 0) is 43.3 Å². The first-order chi connectivity index (χ1) is 13.0. The van der Waals surface area contributed by atoms with Gasteiger partial charge in [0.25, 0.3) is 5.91 Å². The van der Waals surface area contributed by atoms with Crippen molar-refractivity contribution < 1.29 is 9.53 Å². The summed E-state index contributed by atoms with van der Waals surface area (Å²) in [6.45, 7) is 2.47. The number of benzene rings is 2. The number of para-hydroxylation sites is 1. The molecule has 2 aromatic carbocycles. The summed E-state index contributed by atoms with van der Waals surface area (Å²) in [5.41, 5.74) is 0.785. The highest BCUT2D eigenvalue weighted by molar-refractivity contribution is 6.32. The number of nitrogens with zero attached hydrogens (tertiary/aromatic N) is 4. The monoisotopic (exact) mass is 404 g/mol. The third-order valence-corrected chi connectivity index (χ3v) is 4.46. The molecular formula is C19H18Cl2N4O2. The Hall–Kier alpha value is -2.57. The van der Waals surface area contributed by atoms with E-state index in [-0.39, 0.29) is 11.7 Å². The Balaban J connectivity index is 1.64. The maximum Gasteiger partial charge on any atom is 0.293 e. The highest BCUT2D eigenvalue weighted by Crippen LogP contribution is 2.23. The smallest absolute Gasteiger partial charge is 0.293 e. The predicted molar refractivity (Wildman–Crippen MR) is 105 cm³/mol. The van der Waals surface area contributed by atoms with Crippen molar-refractivity contribution in [3.8, 4) is 11.4 Å². The number of carbonyl (C=O) groups is 1. The Bertz CT molecular complexity index is 941. The molecule has 0 radical (unpaired) electrons. The van der Waals surface area contributed by atoms with Crippen LogP contribution >= 0.6 is 23.2 Å². The van der Waals surface area contributed by atoms with Gasteiger partial charge < -0.3 is 9.64 Å². The summed E-state index contributed by atoms with van der Waals surface area (Å²) < 4.78 is 7.23. The molecule has 27 heavy (non-hydrogen) atoms. The molecule has 0 aliphatic heterocycles. The standard InChI is InChI=1S/C19H18Cl2N4O2/c1-13-22-18(23-25(13)15-9-7-14(20)8-10-15)19(26)24(2)11-12-27-17-6-4-3-5-16(17)21/h3-10H,11-12H2,1-2H3. The third-order valence-electron chi connectivity index (χ3n) is 3.90. The van der Waals surface area contributed by atoms with Crippen molar-refractivity contribution in [3.05, 3.63) is 70.2 Å². The van der Waals surface area contributed by atoms with Gasteiger partial charge in [0.05, 0.1) is 17.3 Å². The fourth-order valence-electron chi connectivity index (χ4n) is 2.43. The molecular weight excluding hydrogens is 387 g/mol. The van der Waals surface area contributed by atoms with Crippen LogP contribution in [0.25, 0.3) is 5.69 Å². The van der Waals surface area contributed by atoms with E-state index in [1.54, 1.807) is 42.9 Å². The summed E-state index contributed by atoms with van der Waals surface area (Å²) in [5, 5.41) is 5.48. The van der Waals surface area contributed by atoms with E-state index in [4.69, 9.17) is 27.9 Å². The van der Waals surface area contributed by atoms with Crippen LogP contribution in [0.2, 0.25) is 10.0 Å². The fraction of sp³-hybridized carbons (Fsp3) is 0.211. The number of aromatic nitrogens is 3. The average Bonchev–Trinajstić information content (AvgIpc) is 3.05. The molecule has 6 nitrogen and oxygen atoms in total. The number of hydrogen-bond acceptors (Lipinski definition) is 4. The van der Waals surface area contributed by atoms with E-state index in [9.17, 15) is 4.79 Å². The van der Waals surface area contributed by atoms with Gasteiger partial charge in [-0.3, -0.25) is 4.79 Å². The molecule has 0 bridgehead atoms. The number of ether oxygens (including phenoxy) is 1. The second-order valence-corrected chi connectivity index (χ2v) is 6.72. The highest BCUT2D eigenvalue weighted by Gasteiger charge is 2.19. The van der Waals surface area contributed by atoms with Crippen LogP contribution in [-0.2, 0) is 0 Å². The molecule has 1 heterocycles. The van der Waals surface area contributed by atoms with Crippen LogP contribution in [0.3, 0.4) is 0 Å². The van der Waals surface area contributed by atoms with Crippen molar-refractivity contribution in [1.29, 1.82) is 0 Å². The summed E-state index contributed by atoms with van der Waals surface area (Å²) in [6.07, 6.45) is 0. The van der Waals surface area contributed by atoms with Crippen molar-refractivity contribution >= 4 is 29.1 Å². The first-order valence-electron chi connectivity index (χ1n) is 8.28. The van der Waals surface area contributed by atoms with Gasteiger partial charge in [-0.2, -0.15) is 0 Å². The molecule has 0 atom stereocenters. The molecule has 1 aromatic heterocycles. The van der Waals surface area contributed by atoms with Gasteiger partial charge in [0.15, 0.2) is 0 Å². The minimum absolute atomic E-state index is 0.127. The van der Waals surface area contributed by atoms with E-state index in [1.165, 1.54) is 4.90 Å². The second-order valence-electron chi connectivity index (χ2n) is 5.88. The molecule has 0 saturated carbocycles. The van der Waals surface area contributed by atoms with Crippen LogP contribution in [0.1, 0.15) is 16.4 Å². The SMILES string of the molecule is Cc1nc(C(=O)N(C)CCOc2ccccc2Cl)nn1-c1ccc(Cl)cc1. The molecule has 0 saturated heterocycles. The lowest BCUT2D eigenvalue weighted by Crippen LogP contribution is -2.31. The Morgan fingerprint density at radius 2 is 1.85 bits per heavy atom. The van der Waals surface area contributed by atoms with E-state index in [1.807, 2.05) is 24.3 Å². The van der Waals surface area contributed by atoms with Crippen LogP contribution in [0, 0.1) is 6.92 Å². The van der Waals surface area contributed by atoms with Gasteiger partial charge >= 0.3 is 0 Å². The lowest BCUT2D eigenvalue weighted by atomic mass is 10.3. The zero-order valence-corrected chi connectivity index (χ0v) is 16.4. The molecule has 0 spiro atoms. The summed E-state index contributed by atoms with van der Waals surface area (Å²) in [4.78, 5) is 18.4. The number of rotatable bonds is 6. The van der Waals surface area contributed by atoms with E-state index in [2.05, 4.69) is 10.1 Å². The lowest BCUT2D eigenvalue weighted by molar-refractivity contribution is 0.0762. The van der Waals surface area contributed by atoms with Gasteiger partial charge in [0.1, 0.15) is 18.2 Å². The molecule has 3 rings (SSSR count). The molecule has 1 amide bonds. The molecule has 0 aliphatic carbocycles. The average molecular weight is 405 g/mol. The minimum Gasteiger partial charge on any atom is -0.490 e. The molecule has 0 unspecified atom stereocenters. The van der Waals surface area contributed by atoms with Crippen LogP contribution in [0.15, 0.2) is 48.5 Å². The number of carbonyl (C=O) groups excluding carboxylic acids is 1.